The van der Waals surface area contributed by atoms with Gasteiger partial charge in [0.2, 0.25) is 0 Å². The van der Waals surface area contributed by atoms with E-state index >= 15 is 0 Å². The molecule has 0 radical (unpaired) electrons. The van der Waals surface area contributed by atoms with Gasteiger partial charge in [-0.3, -0.25) is 4.79 Å². The van der Waals surface area contributed by atoms with Crippen LogP contribution in [0.3, 0.4) is 0 Å². The predicted octanol–water partition coefficient (Wildman–Crippen LogP) is 2.03. The second-order valence-electron chi connectivity index (χ2n) is 4.78. The minimum atomic E-state index is -0.815. The van der Waals surface area contributed by atoms with E-state index in [2.05, 4.69) is 11.4 Å². The first-order valence-electron chi connectivity index (χ1n) is 6.34. The van der Waals surface area contributed by atoms with Gasteiger partial charge in [-0.25, -0.2) is 0 Å². The van der Waals surface area contributed by atoms with Crippen LogP contribution in [0.2, 0.25) is 0 Å². The van der Waals surface area contributed by atoms with Gasteiger partial charge in [0.25, 0.3) is 0 Å². The maximum atomic E-state index is 10.9. The molecule has 1 saturated heterocycles. The maximum Gasteiger partial charge on any atom is 0.320 e. The average Bonchev–Trinajstić information content (AvgIpc) is 2.87. The lowest BCUT2D eigenvalue weighted by Gasteiger charge is -2.13. The van der Waals surface area contributed by atoms with Crippen molar-refractivity contribution < 1.29 is 14.6 Å². The van der Waals surface area contributed by atoms with Gasteiger partial charge in [0.1, 0.15) is 17.9 Å². The van der Waals surface area contributed by atoms with Crippen molar-refractivity contribution in [3.05, 3.63) is 42.5 Å². The first-order valence-corrected chi connectivity index (χ1v) is 6.34. The van der Waals surface area contributed by atoms with Crippen LogP contribution in [0.5, 0.6) is 5.75 Å². The number of ether oxygens (including phenoxy) is 1. The van der Waals surface area contributed by atoms with E-state index in [1.165, 1.54) is 5.39 Å². The fourth-order valence-corrected chi connectivity index (χ4v) is 2.41. The Labute approximate surface area is 111 Å². The summed E-state index contributed by atoms with van der Waals surface area (Å²) in [6.45, 7) is 0.573. The molecule has 0 aliphatic carbocycles. The van der Waals surface area contributed by atoms with E-state index in [0.717, 1.165) is 11.1 Å². The van der Waals surface area contributed by atoms with Crippen molar-refractivity contribution in [3.8, 4) is 5.75 Å². The quantitative estimate of drug-likeness (QED) is 0.883. The van der Waals surface area contributed by atoms with Crippen LogP contribution in [0.15, 0.2) is 42.5 Å². The first-order chi connectivity index (χ1) is 9.22. The second kappa shape index (κ2) is 4.90. The Balaban J connectivity index is 1.73. The lowest BCUT2D eigenvalue weighted by atomic mass is 10.1. The zero-order valence-electron chi connectivity index (χ0n) is 10.4. The summed E-state index contributed by atoms with van der Waals surface area (Å²) in [7, 11) is 0. The molecule has 0 spiro atoms. The molecule has 1 aliphatic rings. The Hall–Kier alpha value is -2.07. The summed E-state index contributed by atoms with van der Waals surface area (Å²) in [4.78, 5) is 10.9. The predicted molar refractivity (Wildman–Crippen MR) is 72.4 cm³/mol. The van der Waals surface area contributed by atoms with E-state index in [1.807, 2.05) is 36.4 Å². The lowest BCUT2D eigenvalue weighted by molar-refractivity contribution is -0.139. The van der Waals surface area contributed by atoms with Gasteiger partial charge in [-0.1, -0.05) is 30.3 Å². The molecule has 0 aromatic heterocycles. The van der Waals surface area contributed by atoms with Crippen LogP contribution < -0.4 is 10.1 Å². The molecule has 1 unspecified atom stereocenters. The fourth-order valence-electron chi connectivity index (χ4n) is 2.41. The molecule has 0 amide bonds. The minimum Gasteiger partial charge on any atom is -0.489 e. The summed E-state index contributed by atoms with van der Waals surface area (Å²) in [5.41, 5.74) is 0. The molecule has 0 bridgehead atoms. The molecule has 3 rings (SSSR count). The van der Waals surface area contributed by atoms with Gasteiger partial charge >= 0.3 is 5.97 Å². The van der Waals surface area contributed by atoms with Gasteiger partial charge < -0.3 is 15.2 Å². The Morgan fingerprint density at radius 3 is 2.74 bits per heavy atom. The van der Waals surface area contributed by atoms with E-state index in [0.29, 0.717) is 13.0 Å². The van der Waals surface area contributed by atoms with Gasteiger partial charge in [0, 0.05) is 13.0 Å². The molecule has 4 nitrogen and oxygen atoms in total. The third-order valence-corrected chi connectivity index (χ3v) is 3.41. The smallest absolute Gasteiger partial charge is 0.320 e. The summed E-state index contributed by atoms with van der Waals surface area (Å²) in [5.74, 6) is -0.0267. The Morgan fingerprint density at radius 1 is 1.21 bits per heavy atom. The van der Waals surface area contributed by atoms with Crippen molar-refractivity contribution in [2.75, 3.05) is 6.54 Å². The Bertz CT molecular complexity index is 611. The highest BCUT2D eigenvalue weighted by Gasteiger charge is 2.30. The molecule has 4 heteroatoms. The molecular formula is C15H15NO3. The van der Waals surface area contributed by atoms with E-state index in [-0.39, 0.29) is 6.10 Å². The highest BCUT2D eigenvalue weighted by molar-refractivity contribution is 5.83. The van der Waals surface area contributed by atoms with E-state index < -0.39 is 12.0 Å². The van der Waals surface area contributed by atoms with Gasteiger partial charge in [0.15, 0.2) is 0 Å². The normalized spacial score (nSPS) is 22.5. The highest BCUT2D eigenvalue weighted by atomic mass is 16.5. The number of rotatable bonds is 3. The summed E-state index contributed by atoms with van der Waals surface area (Å²) < 4.78 is 5.84. The SMILES string of the molecule is O=C(O)[C@@H]1CC(Oc2ccc3ccccc3c2)CN1. The van der Waals surface area contributed by atoms with Crippen LogP contribution in [-0.4, -0.2) is 29.8 Å². The molecule has 1 aliphatic heterocycles. The largest absolute Gasteiger partial charge is 0.489 e. The lowest BCUT2D eigenvalue weighted by Crippen LogP contribution is -2.30. The van der Waals surface area contributed by atoms with Crippen LogP contribution >= 0.6 is 0 Å². The average molecular weight is 257 g/mol. The number of carboxylic acid groups (broad SMARTS) is 1. The number of carbonyl (C=O) groups is 1. The van der Waals surface area contributed by atoms with Crippen molar-refractivity contribution in [1.29, 1.82) is 0 Å². The monoisotopic (exact) mass is 257 g/mol. The van der Waals surface area contributed by atoms with E-state index in [9.17, 15) is 4.79 Å². The topological polar surface area (TPSA) is 58.6 Å². The second-order valence-corrected chi connectivity index (χ2v) is 4.78. The number of aliphatic carboxylic acids is 1. The zero-order valence-corrected chi connectivity index (χ0v) is 10.4. The summed E-state index contributed by atoms with van der Waals surface area (Å²) in [6, 6.07) is 13.5. The van der Waals surface area contributed by atoms with Crippen molar-refractivity contribution in [2.45, 2.75) is 18.6 Å². The van der Waals surface area contributed by atoms with Crippen LogP contribution in [0, 0.1) is 0 Å². The molecular weight excluding hydrogens is 242 g/mol. The standard InChI is InChI=1S/C15H15NO3/c17-15(18)14-8-13(9-16-14)19-12-6-5-10-3-1-2-4-11(10)7-12/h1-7,13-14,16H,8-9H2,(H,17,18)/t13?,14-/m0/s1. The van der Waals surface area contributed by atoms with Crippen LogP contribution in [0.4, 0.5) is 0 Å². The minimum absolute atomic E-state index is 0.0812. The molecule has 2 N–H and O–H groups in total. The first kappa shape index (κ1) is 12.0. The van der Waals surface area contributed by atoms with Crippen molar-refractivity contribution in [1.82, 2.24) is 5.32 Å². The zero-order chi connectivity index (χ0) is 13.2. The third-order valence-electron chi connectivity index (χ3n) is 3.41. The molecule has 2 atom stereocenters. The number of fused-ring (bicyclic) bond motifs is 1. The molecule has 1 fully saturated rings. The van der Waals surface area contributed by atoms with Gasteiger partial charge in [-0.05, 0) is 22.9 Å². The van der Waals surface area contributed by atoms with Crippen LogP contribution in [0.25, 0.3) is 10.8 Å². The highest BCUT2D eigenvalue weighted by Crippen LogP contribution is 2.23. The summed E-state index contributed by atoms with van der Waals surface area (Å²) in [5, 5.41) is 14.2. The van der Waals surface area contributed by atoms with Crippen LogP contribution in [0.1, 0.15) is 6.42 Å². The Kier molecular flexibility index (Phi) is 3.09. The molecule has 98 valence electrons. The van der Waals surface area contributed by atoms with Crippen molar-refractivity contribution in [2.24, 2.45) is 0 Å². The maximum absolute atomic E-state index is 10.9. The third kappa shape index (κ3) is 2.53. The summed E-state index contributed by atoms with van der Waals surface area (Å²) >= 11 is 0. The van der Waals surface area contributed by atoms with Crippen molar-refractivity contribution in [3.63, 3.8) is 0 Å². The van der Waals surface area contributed by atoms with Gasteiger partial charge in [0.05, 0.1) is 0 Å². The number of hydrogen-bond donors (Lipinski definition) is 2. The number of nitrogens with one attached hydrogen (secondary N) is 1. The van der Waals surface area contributed by atoms with E-state index in [1.54, 1.807) is 0 Å². The summed E-state index contributed by atoms with van der Waals surface area (Å²) in [6.07, 6.45) is 0.421. The molecule has 0 saturated carbocycles. The number of carboxylic acids is 1. The number of hydrogen-bond acceptors (Lipinski definition) is 3. The molecule has 1 heterocycles. The van der Waals surface area contributed by atoms with Gasteiger partial charge in [-0.15, -0.1) is 0 Å². The number of benzene rings is 2. The Morgan fingerprint density at radius 2 is 2.00 bits per heavy atom. The molecule has 2 aromatic rings. The van der Waals surface area contributed by atoms with Gasteiger partial charge in [-0.2, -0.15) is 0 Å². The fraction of sp³-hybridized carbons (Fsp3) is 0.267. The van der Waals surface area contributed by atoms with E-state index in [4.69, 9.17) is 9.84 Å². The van der Waals surface area contributed by atoms with Crippen LogP contribution in [-0.2, 0) is 4.79 Å². The molecule has 2 aromatic carbocycles. The molecule has 19 heavy (non-hydrogen) atoms. The van der Waals surface area contributed by atoms with Crippen molar-refractivity contribution >= 4 is 16.7 Å².